The lowest BCUT2D eigenvalue weighted by molar-refractivity contribution is 0.323. The van der Waals surface area contributed by atoms with E-state index in [1.54, 1.807) is 0 Å². The van der Waals surface area contributed by atoms with Crippen molar-refractivity contribution in [3.63, 3.8) is 0 Å². The van der Waals surface area contributed by atoms with Gasteiger partial charge in [0.25, 0.3) is 0 Å². The third kappa shape index (κ3) is 3.70. The Balaban J connectivity index is 1.74. The van der Waals surface area contributed by atoms with Gasteiger partial charge >= 0.3 is 0 Å². The monoisotopic (exact) mass is 317 g/mol. The molecule has 15 heavy (non-hydrogen) atoms. The molecular weight excluding hydrogens is 301 g/mol. The van der Waals surface area contributed by atoms with E-state index < -0.39 is 0 Å². The molecule has 0 unspecified atom stereocenters. The number of aromatic nitrogens is 1. The quantitative estimate of drug-likeness (QED) is 0.683. The maximum atomic E-state index is 4.30. The van der Waals surface area contributed by atoms with Gasteiger partial charge in [-0.2, -0.15) is 0 Å². The van der Waals surface area contributed by atoms with Crippen LogP contribution in [0.1, 0.15) is 18.5 Å². The first-order chi connectivity index (χ1) is 7.34. The van der Waals surface area contributed by atoms with Crippen molar-refractivity contribution in [2.75, 3.05) is 13.1 Å². The van der Waals surface area contributed by atoms with Crippen LogP contribution in [0.3, 0.4) is 0 Å². The summed E-state index contributed by atoms with van der Waals surface area (Å²) in [6.45, 7) is 3.29. The Morgan fingerprint density at radius 3 is 2.87 bits per heavy atom. The molecule has 1 aliphatic rings. The molecule has 0 aliphatic carbocycles. The average Bonchev–Trinajstić information content (AvgIpc) is 2.30. The Hall–Kier alpha value is -0.200. The first-order valence-corrected chi connectivity index (χ1v) is 6.35. The van der Waals surface area contributed by atoms with E-state index in [9.17, 15) is 0 Å². The van der Waals surface area contributed by atoms with Crippen molar-refractivity contribution in [3.05, 3.63) is 30.1 Å². The number of halogens is 1. The highest BCUT2D eigenvalue weighted by Crippen LogP contribution is 2.13. The molecule has 0 aromatic carbocycles. The molecule has 0 radical (unpaired) electrons. The third-order valence-corrected chi connectivity index (χ3v) is 3.70. The molecule has 0 atom stereocenters. The lowest BCUT2D eigenvalue weighted by atomic mass is 10.1. The Labute approximate surface area is 105 Å². The Kier molecular flexibility index (Phi) is 4.34. The van der Waals surface area contributed by atoms with E-state index in [1.165, 1.54) is 25.9 Å². The van der Waals surface area contributed by atoms with Crippen molar-refractivity contribution in [1.82, 2.24) is 13.4 Å². The van der Waals surface area contributed by atoms with Crippen LogP contribution in [0.25, 0.3) is 0 Å². The Bertz CT molecular complexity index is 283. The second-order valence-electron chi connectivity index (χ2n) is 3.89. The molecule has 1 saturated heterocycles. The summed E-state index contributed by atoms with van der Waals surface area (Å²) >= 11 is 2.40. The van der Waals surface area contributed by atoms with Crippen LogP contribution < -0.4 is 5.32 Å². The first-order valence-electron chi connectivity index (χ1n) is 5.38. The van der Waals surface area contributed by atoms with Crippen molar-refractivity contribution < 1.29 is 0 Å². The highest BCUT2D eigenvalue weighted by Gasteiger charge is 2.16. The van der Waals surface area contributed by atoms with Gasteiger partial charge in [-0.25, -0.2) is 3.11 Å². The smallest absolute Gasteiger partial charge is 0.0541 e. The van der Waals surface area contributed by atoms with Gasteiger partial charge in [0.05, 0.1) is 5.69 Å². The van der Waals surface area contributed by atoms with Gasteiger partial charge in [-0.05, 0) is 25.0 Å². The second-order valence-corrected chi connectivity index (χ2v) is 5.25. The van der Waals surface area contributed by atoms with E-state index in [2.05, 4.69) is 42.3 Å². The first kappa shape index (κ1) is 11.3. The number of hydrogen-bond donors (Lipinski definition) is 1. The van der Waals surface area contributed by atoms with Gasteiger partial charge in [-0.15, -0.1) is 0 Å². The lowest BCUT2D eigenvalue weighted by Crippen LogP contribution is -2.38. The summed E-state index contributed by atoms with van der Waals surface area (Å²) in [5.41, 5.74) is 1.13. The van der Waals surface area contributed by atoms with E-state index in [-0.39, 0.29) is 0 Å². The average molecular weight is 317 g/mol. The zero-order chi connectivity index (χ0) is 10.5. The Morgan fingerprint density at radius 1 is 1.40 bits per heavy atom. The molecule has 1 aromatic heterocycles. The number of nitrogens with zero attached hydrogens (tertiary/aromatic N) is 2. The minimum absolute atomic E-state index is 0.665. The van der Waals surface area contributed by atoms with E-state index in [1.807, 2.05) is 18.3 Å². The van der Waals surface area contributed by atoms with Crippen molar-refractivity contribution in [2.24, 2.45) is 0 Å². The zero-order valence-corrected chi connectivity index (χ0v) is 10.9. The van der Waals surface area contributed by atoms with Crippen LogP contribution in [-0.4, -0.2) is 27.2 Å². The summed E-state index contributed by atoms with van der Waals surface area (Å²) in [6, 6.07) is 6.73. The molecule has 1 aromatic rings. The molecule has 3 nitrogen and oxygen atoms in total. The molecule has 1 aliphatic heterocycles. The highest BCUT2D eigenvalue weighted by molar-refractivity contribution is 14.1. The van der Waals surface area contributed by atoms with Crippen molar-refractivity contribution in [2.45, 2.75) is 25.4 Å². The van der Waals surface area contributed by atoms with Gasteiger partial charge in [0.1, 0.15) is 0 Å². The predicted molar refractivity (Wildman–Crippen MR) is 69.7 cm³/mol. The number of pyridine rings is 1. The van der Waals surface area contributed by atoms with Crippen molar-refractivity contribution in [1.29, 1.82) is 0 Å². The molecule has 82 valence electrons. The van der Waals surface area contributed by atoms with Crippen LogP contribution >= 0.6 is 22.9 Å². The topological polar surface area (TPSA) is 28.2 Å². The minimum Gasteiger partial charge on any atom is -0.308 e. The molecule has 4 heteroatoms. The van der Waals surface area contributed by atoms with Crippen LogP contribution in [0.15, 0.2) is 24.4 Å². The second kappa shape index (κ2) is 5.77. The van der Waals surface area contributed by atoms with E-state index >= 15 is 0 Å². The molecule has 0 amide bonds. The molecule has 2 heterocycles. The van der Waals surface area contributed by atoms with Crippen LogP contribution in [-0.2, 0) is 6.54 Å². The SMILES string of the molecule is IN1CCC(NCc2ccccn2)CC1. The fourth-order valence-corrected chi connectivity index (χ4v) is 2.36. The molecule has 0 bridgehead atoms. The third-order valence-electron chi connectivity index (χ3n) is 2.74. The van der Waals surface area contributed by atoms with Crippen LogP contribution in [0.5, 0.6) is 0 Å². The summed E-state index contributed by atoms with van der Waals surface area (Å²) < 4.78 is 2.36. The summed E-state index contributed by atoms with van der Waals surface area (Å²) in [5, 5.41) is 3.57. The van der Waals surface area contributed by atoms with Crippen LogP contribution in [0, 0.1) is 0 Å². The van der Waals surface area contributed by atoms with Gasteiger partial charge in [-0.1, -0.05) is 6.07 Å². The van der Waals surface area contributed by atoms with Crippen molar-refractivity contribution >= 4 is 22.9 Å². The molecule has 1 fully saturated rings. The van der Waals surface area contributed by atoms with E-state index in [4.69, 9.17) is 0 Å². The van der Waals surface area contributed by atoms with Crippen molar-refractivity contribution in [3.8, 4) is 0 Å². The van der Waals surface area contributed by atoms with Crippen LogP contribution in [0.2, 0.25) is 0 Å². The van der Waals surface area contributed by atoms with Crippen LogP contribution in [0.4, 0.5) is 0 Å². The van der Waals surface area contributed by atoms with Gasteiger partial charge < -0.3 is 5.32 Å². The number of rotatable bonds is 3. The van der Waals surface area contributed by atoms with Gasteiger partial charge in [-0.3, -0.25) is 4.98 Å². The normalized spacial score (nSPS) is 19.3. The largest absolute Gasteiger partial charge is 0.308 e. The lowest BCUT2D eigenvalue weighted by Gasteiger charge is -2.28. The zero-order valence-electron chi connectivity index (χ0n) is 8.69. The summed E-state index contributed by atoms with van der Waals surface area (Å²) in [4.78, 5) is 4.30. The summed E-state index contributed by atoms with van der Waals surface area (Å²) in [7, 11) is 0. The van der Waals surface area contributed by atoms with Gasteiger partial charge in [0, 0.05) is 54.7 Å². The van der Waals surface area contributed by atoms with Gasteiger partial charge in [0.15, 0.2) is 0 Å². The number of piperidine rings is 1. The molecule has 1 N–H and O–H groups in total. The fourth-order valence-electron chi connectivity index (χ4n) is 1.80. The standard InChI is InChI=1S/C11H16IN3/c12-15-7-4-10(5-8-15)14-9-11-3-1-2-6-13-11/h1-3,6,10,14H,4-5,7-9H2. The summed E-state index contributed by atoms with van der Waals surface area (Å²) in [6.07, 6.45) is 4.34. The maximum Gasteiger partial charge on any atom is 0.0541 e. The number of nitrogens with one attached hydrogen (secondary N) is 1. The fraction of sp³-hybridized carbons (Fsp3) is 0.545. The van der Waals surface area contributed by atoms with E-state index in [0.29, 0.717) is 6.04 Å². The minimum atomic E-state index is 0.665. The molecule has 0 saturated carbocycles. The Morgan fingerprint density at radius 2 is 2.20 bits per heavy atom. The molecular formula is C11H16IN3. The highest BCUT2D eigenvalue weighted by atomic mass is 127. The summed E-state index contributed by atoms with van der Waals surface area (Å²) in [5.74, 6) is 0. The molecule has 2 rings (SSSR count). The molecule has 0 spiro atoms. The van der Waals surface area contributed by atoms with E-state index in [0.717, 1.165) is 12.2 Å². The van der Waals surface area contributed by atoms with Gasteiger partial charge in [0.2, 0.25) is 0 Å². The predicted octanol–water partition coefficient (Wildman–Crippen LogP) is 1.99. The number of hydrogen-bond acceptors (Lipinski definition) is 3. The maximum absolute atomic E-state index is 4.30.